The summed E-state index contributed by atoms with van der Waals surface area (Å²) in [5.74, 6) is 0.144. The molecule has 0 spiro atoms. The molecule has 104 valence electrons. The minimum absolute atomic E-state index is 0.135. The minimum Gasteiger partial charge on any atom is -0.370 e. The number of halogens is 1. The van der Waals surface area contributed by atoms with Crippen molar-refractivity contribution in [1.82, 2.24) is 4.90 Å². The Morgan fingerprint density at radius 3 is 3.00 bits per heavy atom. The summed E-state index contributed by atoms with van der Waals surface area (Å²) in [6, 6.07) is 7.61. The number of carbonyl (C=O) groups is 1. The Morgan fingerprint density at radius 2 is 2.26 bits per heavy atom. The van der Waals surface area contributed by atoms with Crippen LogP contribution in [0.15, 0.2) is 24.3 Å². The summed E-state index contributed by atoms with van der Waals surface area (Å²) in [7, 11) is 0. The van der Waals surface area contributed by atoms with Gasteiger partial charge in [0.25, 0.3) is 0 Å². The van der Waals surface area contributed by atoms with Gasteiger partial charge in [0.1, 0.15) is 6.10 Å². The van der Waals surface area contributed by atoms with Gasteiger partial charge in [-0.15, -0.1) is 0 Å². The molecule has 1 amide bonds. The maximum atomic E-state index is 12.0. The van der Waals surface area contributed by atoms with E-state index in [1.54, 1.807) is 0 Å². The summed E-state index contributed by atoms with van der Waals surface area (Å²) in [5.41, 5.74) is 6.38. The van der Waals surface area contributed by atoms with Crippen molar-refractivity contribution in [1.29, 1.82) is 0 Å². The van der Waals surface area contributed by atoms with Crippen LogP contribution >= 0.6 is 11.6 Å². The van der Waals surface area contributed by atoms with E-state index in [0.29, 0.717) is 37.7 Å². The second-order valence-corrected chi connectivity index (χ2v) is 5.02. The number of nitrogens with zero attached hydrogens (tertiary/aromatic N) is 1. The summed E-state index contributed by atoms with van der Waals surface area (Å²) in [6.07, 6.45) is 1.10. The van der Waals surface area contributed by atoms with Crippen LogP contribution in [0.3, 0.4) is 0 Å². The number of carbonyl (C=O) groups excluding carboxylic acids is 1. The molecular formula is C14H19ClN2O2. The van der Waals surface area contributed by atoms with Crippen LogP contribution in [0.1, 0.15) is 24.5 Å². The Kier molecular flexibility index (Phi) is 5.19. The molecule has 0 aliphatic carbocycles. The fourth-order valence-corrected chi connectivity index (χ4v) is 2.47. The third kappa shape index (κ3) is 3.69. The molecular weight excluding hydrogens is 264 g/mol. The lowest BCUT2D eigenvalue weighted by atomic mass is 10.1. The highest BCUT2D eigenvalue weighted by Crippen LogP contribution is 2.28. The average molecular weight is 283 g/mol. The largest absolute Gasteiger partial charge is 0.370 e. The molecule has 0 radical (unpaired) electrons. The molecule has 0 aromatic heterocycles. The number of morpholine rings is 1. The molecule has 19 heavy (non-hydrogen) atoms. The van der Waals surface area contributed by atoms with Gasteiger partial charge >= 0.3 is 0 Å². The second kappa shape index (κ2) is 6.89. The van der Waals surface area contributed by atoms with Crippen molar-refractivity contribution in [3.63, 3.8) is 0 Å². The highest BCUT2D eigenvalue weighted by molar-refractivity contribution is 6.31. The van der Waals surface area contributed by atoms with Gasteiger partial charge in [0.15, 0.2) is 0 Å². The Bertz CT molecular complexity index is 439. The zero-order valence-electron chi connectivity index (χ0n) is 10.8. The minimum atomic E-state index is -0.135. The molecule has 0 bridgehead atoms. The van der Waals surface area contributed by atoms with Gasteiger partial charge in [0.2, 0.25) is 5.91 Å². The molecule has 0 saturated carbocycles. The molecule has 1 aromatic carbocycles. The van der Waals surface area contributed by atoms with Crippen molar-refractivity contribution in [2.24, 2.45) is 5.73 Å². The highest BCUT2D eigenvalue weighted by Gasteiger charge is 2.26. The average Bonchev–Trinajstić information content (AvgIpc) is 2.45. The van der Waals surface area contributed by atoms with Crippen molar-refractivity contribution in [3.05, 3.63) is 34.9 Å². The van der Waals surface area contributed by atoms with Crippen LogP contribution in [0.4, 0.5) is 0 Å². The molecule has 1 fully saturated rings. The van der Waals surface area contributed by atoms with Crippen LogP contribution in [-0.2, 0) is 9.53 Å². The first kappa shape index (κ1) is 14.3. The van der Waals surface area contributed by atoms with E-state index < -0.39 is 0 Å². The Morgan fingerprint density at radius 1 is 1.47 bits per heavy atom. The Labute approximate surface area is 118 Å². The van der Waals surface area contributed by atoms with Gasteiger partial charge < -0.3 is 15.4 Å². The van der Waals surface area contributed by atoms with Crippen molar-refractivity contribution in [2.75, 3.05) is 26.2 Å². The van der Waals surface area contributed by atoms with Gasteiger partial charge in [-0.05, 0) is 19.0 Å². The van der Waals surface area contributed by atoms with Gasteiger partial charge in [0.05, 0.1) is 13.2 Å². The maximum absolute atomic E-state index is 12.0. The third-order valence-electron chi connectivity index (χ3n) is 3.27. The van der Waals surface area contributed by atoms with Crippen LogP contribution in [-0.4, -0.2) is 37.0 Å². The van der Waals surface area contributed by atoms with Gasteiger partial charge in [0, 0.05) is 23.6 Å². The van der Waals surface area contributed by atoms with Crippen LogP contribution < -0.4 is 5.73 Å². The number of nitrogens with two attached hydrogens (primary N) is 1. The normalized spacial score (nSPS) is 19.5. The van der Waals surface area contributed by atoms with Crippen LogP contribution in [0.5, 0.6) is 0 Å². The molecule has 1 unspecified atom stereocenters. The molecule has 2 rings (SSSR count). The number of benzene rings is 1. The SMILES string of the molecule is NCCCC(=O)N1CCOC(c2ccccc2Cl)C1. The summed E-state index contributed by atoms with van der Waals surface area (Å²) >= 11 is 6.17. The van der Waals surface area contributed by atoms with E-state index in [2.05, 4.69) is 0 Å². The second-order valence-electron chi connectivity index (χ2n) is 4.61. The van der Waals surface area contributed by atoms with E-state index in [-0.39, 0.29) is 12.0 Å². The summed E-state index contributed by atoms with van der Waals surface area (Å²) in [4.78, 5) is 13.8. The molecule has 1 heterocycles. The van der Waals surface area contributed by atoms with E-state index in [0.717, 1.165) is 12.0 Å². The molecule has 1 aliphatic rings. The fraction of sp³-hybridized carbons (Fsp3) is 0.500. The Balaban J connectivity index is 2.01. The number of ether oxygens (including phenoxy) is 1. The van der Waals surface area contributed by atoms with E-state index in [1.807, 2.05) is 29.2 Å². The molecule has 1 saturated heterocycles. The van der Waals surface area contributed by atoms with Gasteiger partial charge in [-0.25, -0.2) is 0 Å². The monoisotopic (exact) mass is 282 g/mol. The first-order chi connectivity index (χ1) is 9.22. The number of hydrogen-bond donors (Lipinski definition) is 1. The third-order valence-corrected chi connectivity index (χ3v) is 3.61. The smallest absolute Gasteiger partial charge is 0.222 e. The lowest BCUT2D eigenvalue weighted by molar-refractivity contribution is -0.139. The van der Waals surface area contributed by atoms with Crippen LogP contribution in [0, 0.1) is 0 Å². The lowest BCUT2D eigenvalue weighted by Gasteiger charge is -2.33. The predicted molar refractivity (Wildman–Crippen MR) is 75.0 cm³/mol. The summed E-state index contributed by atoms with van der Waals surface area (Å²) in [6.45, 7) is 2.30. The quantitative estimate of drug-likeness (QED) is 0.919. The molecule has 1 aromatic rings. The Hall–Kier alpha value is -1.10. The zero-order chi connectivity index (χ0) is 13.7. The zero-order valence-corrected chi connectivity index (χ0v) is 11.6. The first-order valence-corrected chi connectivity index (χ1v) is 6.94. The number of hydrogen-bond acceptors (Lipinski definition) is 3. The standard InChI is InChI=1S/C14H19ClN2O2/c15-12-5-2-1-4-11(12)13-10-17(8-9-19-13)14(18)6-3-7-16/h1-2,4-5,13H,3,6-10,16H2. The van der Waals surface area contributed by atoms with Crippen molar-refractivity contribution < 1.29 is 9.53 Å². The van der Waals surface area contributed by atoms with Gasteiger partial charge in [-0.2, -0.15) is 0 Å². The van der Waals surface area contributed by atoms with Crippen LogP contribution in [0.25, 0.3) is 0 Å². The van der Waals surface area contributed by atoms with Gasteiger partial charge in [-0.3, -0.25) is 4.79 Å². The molecule has 4 nitrogen and oxygen atoms in total. The molecule has 5 heteroatoms. The maximum Gasteiger partial charge on any atom is 0.222 e. The van der Waals surface area contributed by atoms with E-state index in [4.69, 9.17) is 22.1 Å². The fourth-order valence-electron chi connectivity index (χ4n) is 2.21. The highest BCUT2D eigenvalue weighted by atomic mass is 35.5. The van der Waals surface area contributed by atoms with Crippen LogP contribution in [0.2, 0.25) is 5.02 Å². The van der Waals surface area contributed by atoms with Crippen molar-refractivity contribution in [3.8, 4) is 0 Å². The van der Waals surface area contributed by atoms with Crippen molar-refractivity contribution >= 4 is 17.5 Å². The summed E-state index contributed by atoms with van der Waals surface area (Å²) < 4.78 is 5.73. The molecule has 1 atom stereocenters. The topological polar surface area (TPSA) is 55.6 Å². The van der Waals surface area contributed by atoms with Crippen molar-refractivity contribution in [2.45, 2.75) is 18.9 Å². The van der Waals surface area contributed by atoms with E-state index in [9.17, 15) is 4.79 Å². The van der Waals surface area contributed by atoms with E-state index >= 15 is 0 Å². The van der Waals surface area contributed by atoms with Gasteiger partial charge in [-0.1, -0.05) is 29.8 Å². The first-order valence-electron chi connectivity index (χ1n) is 6.56. The van der Waals surface area contributed by atoms with E-state index in [1.165, 1.54) is 0 Å². The number of amides is 1. The molecule has 1 aliphatic heterocycles. The number of rotatable bonds is 4. The molecule has 2 N–H and O–H groups in total. The lowest BCUT2D eigenvalue weighted by Crippen LogP contribution is -2.42. The predicted octanol–water partition coefficient (Wildman–Crippen LogP) is 1.98. The summed E-state index contributed by atoms with van der Waals surface area (Å²) in [5, 5.41) is 0.684.